The van der Waals surface area contributed by atoms with Crippen LogP contribution in [0.5, 0.6) is 0 Å². The predicted octanol–water partition coefficient (Wildman–Crippen LogP) is -0.821. The van der Waals surface area contributed by atoms with Crippen molar-refractivity contribution in [1.82, 2.24) is 15.2 Å². The normalized spacial score (nSPS) is 14.8. The van der Waals surface area contributed by atoms with Gasteiger partial charge in [0, 0.05) is 32.4 Å². The van der Waals surface area contributed by atoms with Gasteiger partial charge in [-0.15, -0.1) is 0 Å². The van der Waals surface area contributed by atoms with E-state index in [1.54, 1.807) is 11.9 Å². The number of anilines is 1. The molecule has 2 rings (SSSR count). The number of aliphatic imine (C=N–C) groups is 1. The van der Waals surface area contributed by atoms with Crippen LogP contribution in [0.3, 0.4) is 0 Å². The standard InChI is InChI=1S/C10H16N6O/c1-11-10(14(2)3)17-16-9-8(12-13-16)6-5-7-15(9)4/h5,7H,6H2,1-4H3/p+1. The van der Waals surface area contributed by atoms with Crippen molar-refractivity contribution in [1.29, 1.82) is 0 Å². The van der Waals surface area contributed by atoms with Crippen LogP contribution in [0, 0.1) is 0 Å². The molecule has 0 fully saturated rings. The molecule has 2 heterocycles. The first-order chi connectivity index (χ1) is 8.13. The van der Waals surface area contributed by atoms with E-state index < -0.39 is 0 Å². The van der Waals surface area contributed by atoms with Crippen molar-refractivity contribution in [3.63, 3.8) is 0 Å². The van der Waals surface area contributed by atoms with Crippen molar-refractivity contribution < 1.29 is 9.68 Å². The van der Waals surface area contributed by atoms with E-state index >= 15 is 0 Å². The number of aromatic nitrogens is 3. The zero-order valence-electron chi connectivity index (χ0n) is 10.5. The lowest BCUT2D eigenvalue weighted by molar-refractivity contribution is -0.902. The highest BCUT2D eigenvalue weighted by Gasteiger charge is 2.28. The summed E-state index contributed by atoms with van der Waals surface area (Å²) in [7, 11) is 7.37. The molecule has 1 aromatic rings. The Balaban J connectivity index is 2.27. The molecule has 1 aromatic heterocycles. The molecule has 0 atom stereocenters. The Morgan fingerprint density at radius 1 is 1.65 bits per heavy atom. The van der Waals surface area contributed by atoms with Crippen LogP contribution in [0.4, 0.5) is 5.82 Å². The van der Waals surface area contributed by atoms with Gasteiger partial charge in [-0.2, -0.15) is 0 Å². The molecule has 0 bridgehead atoms. The molecule has 0 aromatic carbocycles. The summed E-state index contributed by atoms with van der Waals surface area (Å²) in [5, 5.41) is 7.02. The van der Waals surface area contributed by atoms with E-state index in [4.69, 9.17) is 4.84 Å². The van der Waals surface area contributed by atoms with Gasteiger partial charge in [-0.1, -0.05) is 5.21 Å². The van der Waals surface area contributed by atoms with Crippen LogP contribution < -0.4 is 14.6 Å². The highest BCUT2D eigenvalue weighted by molar-refractivity contribution is 5.72. The summed E-state index contributed by atoms with van der Waals surface area (Å²) >= 11 is 0. The van der Waals surface area contributed by atoms with Crippen molar-refractivity contribution in [3.05, 3.63) is 18.0 Å². The second-order valence-electron chi connectivity index (χ2n) is 3.97. The van der Waals surface area contributed by atoms with Crippen LogP contribution in [-0.4, -0.2) is 49.4 Å². The summed E-state index contributed by atoms with van der Waals surface area (Å²) < 4.78 is 0. The van der Waals surface area contributed by atoms with Gasteiger partial charge in [-0.3, -0.25) is 9.74 Å². The maximum atomic E-state index is 5.63. The van der Waals surface area contributed by atoms with Crippen LogP contribution in [0.25, 0.3) is 0 Å². The first-order valence-corrected chi connectivity index (χ1v) is 5.34. The SMILES string of the molecule is CN=C(O[n+]1[nH]nc2c1N(C)C=CC2)N(C)C. The molecular formula is C10H17N6O+. The van der Waals surface area contributed by atoms with E-state index in [-0.39, 0.29) is 0 Å². The molecular weight excluding hydrogens is 220 g/mol. The summed E-state index contributed by atoms with van der Waals surface area (Å²) in [5.74, 6) is 0.885. The number of aromatic amines is 1. The molecule has 0 saturated heterocycles. The molecule has 0 unspecified atom stereocenters. The lowest BCUT2D eigenvalue weighted by Gasteiger charge is -2.15. The van der Waals surface area contributed by atoms with Gasteiger partial charge in [0.25, 0.3) is 0 Å². The van der Waals surface area contributed by atoms with E-state index in [1.807, 2.05) is 38.3 Å². The third-order valence-electron chi connectivity index (χ3n) is 2.45. The second-order valence-corrected chi connectivity index (χ2v) is 3.97. The largest absolute Gasteiger partial charge is 0.335 e. The predicted molar refractivity (Wildman–Crippen MR) is 63.7 cm³/mol. The van der Waals surface area contributed by atoms with Gasteiger partial charge in [0.2, 0.25) is 5.69 Å². The lowest BCUT2D eigenvalue weighted by atomic mass is 10.2. The number of fused-ring (bicyclic) bond motifs is 1. The summed E-state index contributed by atoms with van der Waals surface area (Å²) in [4.78, 5) is 14.9. The Labute approximate surface area is 99.9 Å². The zero-order valence-corrected chi connectivity index (χ0v) is 10.5. The molecule has 0 spiro atoms. The summed E-state index contributed by atoms with van der Waals surface area (Å²) in [6.45, 7) is 0. The van der Waals surface area contributed by atoms with Gasteiger partial charge >= 0.3 is 11.8 Å². The Hall–Kier alpha value is -2.05. The molecule has 0 amide bonds. The number of rotatable bonds is 1. The minimum Gasteiger partial charge on any atom is -0.330 e. The number of hydrogen-bond acceptors (Lipinski definition) is 4. The van der Waals surface area contributed by atoms with Gasteiger partial charge in [0.05, 0.1) is 13.2 Å². The highest BCUT2D eigenvalue weighted by atomic mass is 16.7. The third-order valence-corrected chi connectivity index (χ3v) is 2.45. The van der Waals surface area contributed by atoms with Crippen LogP contribution in [0.2, 0.25) is 0 Å². The Kier molecular flexibility index (Phi) is 2.99. The topological polar surface area (TPSA) is 60.6 Å². The fourth-order valence-electron chi connectivity index (χ4n) is 1.66. The molecule has 1 aliphatic rings. The summed E-state index contributed by atoms with van der Waals surface area (Å²) in [5.41, 5.74) is 0.948. The Morgan fingerprint density at radius 3 is 3.06 bits per heavy atom. The van der Waals surface area contributed by atoms with Gasteiger partial charge in [-0.05, 0) is 11.2 Å². The minimum atomic E-state index is 0.504. The lowest BCUT2D eigenvalue weighted by Crippen LogP contribution is -2.53. The number of allylic oxidation sites excluding steroid dienone is 1. The van der Waals surface area contributed by atoms with Crippen molar-refractivity contribution in [2.75, 3.05) is 33.1 Å². The van der Waals surface area contributed by atoms with Crippen molar-refractivity contribution in [2.45, 2.75) is 6.42 Å². The summed E-state index contributed by atoms with van der Waals surface area (Å²) in [6, 6.07) is 0.504. The minimum absolute atomic E-state index is 0.504. The van der Waals surface area contributed by atoms with Gasteiger partial charge in [0.1, 0.15) is 0 Å². The first kappa shape index (κ1) is 11.4. The highest BCUT2D eigenvalue weighted by Crippen LogP contribution is 2.16. The van der Waals surface area contributed by atoms with E-state index in [9.17, 15) is 0 Å². The maximum Gasteiger partial charge on any atom is 0.335 e. The van der Waals surface area contributed by atoms with E-state index in [1.165, 1.54) is 4.85 Å². The molecule has 1 N–H and O–H groups in total. The van der Waals surface area contributed by atoms with Crippen LogP contribution in [0.1, 0.15) is 5.69 Å². The van der Waals surface area contributed by atoms with E-state index in [0.29, 0.717) is 6.02 Å². The molecule has 7 nitrogen and oxygen atoms in total. The number of nitrogens with one attached hydrogen (secondary N) is 1. The molecule has 92 valence electrons. The van der Waals surface area contributed by atoms with Gasteiger partial charge < -0.3 is 4.90 Å². The smallest absolute Gasteiger partial charge is 0.330 e. The van der Waals surface area contributed by atoms with Crippen molar-refractivity contribution in [2.24, 2.45) is 4.99 Å². The van der Waals surface area contributed by atoms with E-state index in [0.717, 1.165) is 17.9 Å². The number of hydrogen-bond donors (Lipinski definition) is 1. The molecule has 7 heteroatoms. The fraction of sp³-hybridized carbons (Fsp3) is 0.500. The quantitative estimate of drug-likeness (QED) is 0.394. The van der Waals surface area contributed by atoms with Crippen molar-refractivity contribution >= 4 is 11.8 Å². The van der Waals surface area contributed by atoms with Gasteiger partial charge in [-0.25, -0.2) is 4.99 Å². The zero-order chi connectivity index (χ0) is 12.4. The van der Waals surface area contributed by atoms with Crippen molar-refractivity contribution in [3.8, 4) is 0 Å². The van der Waals surface area contributed by atoms with Crippen LogP contribution >= 0.6 is 0 Å². The number of amidine groups is 1. The number of nitrogens with zero attached hydrogens (tertiary/aromatic N) is 5. The summed E-state index contributed by atoms with van der Waals surface area (Å²) in [6.07, 6.45) is 4.83. The number of H-pyrrole nitrogens is 1. The van der Waals surface area contributed by atoms with Crippen LogP contribution in [0.15, 0.2) is 17.3 Å². The second kappa shape index (κ2) is 4.44. The molecule has 0 saturated carbocycles. The average molecular weight is 237 g/mol. The maximum absolute atomic E-state index is 5.63. The average Bonchev–Trinajstić information content (AvgIpc) is 2.70. The molecule has 1 aliphatic heterocycles. The Morgan fingerprint density at radius 2 is 2.41 bits per heavy atom. The Bertz CT molecular complexity index is 461. The monoisotopic (exact) mass is 237 g/mol. The van der Waals surface area contributed by atoms with Gasteiger partial charge in [0.15, 0.2) is 0 Å². The van der Waals surface area contributed by atoms with Crippen LogP contribution in [-0.2, 0) is 6.42 Å². The molecule has 0 radical (unpaired) electrons. The van der Waals surface area contributed by atoms with E-state index in [2.05, 4.69) is 15.3 Å². The third kappa shape index (κ3) is 2.08. The molecule has 17 heavy (non-hydrogen) atoms. The molecule has 0 aliphatic carbocycles. The fourth-order valence-corrected chi connectivity index (χ4v) is 1.66. The first-order valence-electron chi connectivity index (χ1n) is 5.34.